The van der Waals surface area contributed by atoms with Crippen LogP contribution in [0.15, 0.2) is 0 Å². The molecule has 9 heteroatoms. The van der Waals surface area contributed by atoms with E-state index in [1.165, 1.54) is 0 Å². The maximum atomic E-state index is 10.8. The van der Waals surface area contributed by atoms with Gasteiger partial charge in [0.05, 0.1) is 19.8 Å². The molecular formula is C11H19N7O2. The van der Waals surface area contributed by atoms with Gasteiger partial charge in [-0.25, -0.2) is 0 Å². The quantitative estimate of drug-likeness (QED) is 0.610. The molecule has 9 nitrogen and oxygen atoms in total. The summed E-state index contributed by atoms with van der Waals surface area (Å²) in [5.74, 6) is 0.891. The number of amides is 1. The maximum absolute atomic E-state index is 10.8. The van der Waals surface area contributed by atoms with E-state index in [1.54, 1.807) is 0 Å². The molecule has 0 radical (unpaired) electrons. The average molecular weight is 281 g/mol. The standard InChI is InChI=1S/C11H19N7O2/c1-2-13-9-15-10(14-7-8(12)19)17-11(16-9)18-3-5-20-6-4-18/h2-7H2,1H3,(H2,12,19)(H2,13,14,15,16,17). The second kappa shape index (κ2) is 6.85. The number of carbonyl (C=O) groups excluding carboxylic acids is 1. The smallest absolute Gasteiger partial charge is 0.236 e. The number of ether oxygens (including phenoxy) is 1. The van der Waals surface area contributed by atoms with Crippen LogP contribution in [0, 0.1) is 0 Å². The van der Waals surface area contributed by atoms with Gasteiger partial charge in [-0.3, -0.25) is 4.79 Å². The van der Waals surface area contributed by atoms with Crippen LogP contribution in [0.3, 0.4) is 0 Å². The third kappa shape index (κ3) is 3.92. The van der Waals surface area contributed by atoms with Crippen molar-refractivity contribution in [2.24, 2.45) is 5.73 Å². The summed E-state index contributed by atoms with van der Waals surface area (Å²) in [6.07, 6.45) is 0. The Bertz CT molecular complexity index is 462. The Morgan fingerprint density at radius 2 is 1.90 bits per heavy atom. The number of nitrogens with one attached hydrogen (secondary N) is 2. The Morgan fingerprint density at radius 3 is 2.50 bits per heavy atom. The molecule has 1 amide bonds. The second-order valence-electron chi connectivity index (χ2n) is 4.23. The summed E-state index contributed by atoms with van der Waals surface area (Å²) in [6.45, 7) is 5.38. The third-order valence-corrected chi connectivity index (χ3v) is 2.67. The SMILES string of the molecule is CCNc1nc(NCC(N)=O)nc(N2CCOCC2)n1. The van der Waals surface area contributed by atoms with Gasteiger partial charge in [-0.05, 0) is 6.92 Å². The number of rotatable bonds is 6. The molecule has 0 spiro atoms. The summed E-state index contributed by atoms with van der Waals surface area (Å²) in [7, 11) is 0. The molecule has 1 aliphatic heterocycles. The monoisotopic (exact) mass is 281 g/mol. The summed E-state index contributed by atoms with van der Waals surface area (Å²) >= 11 is 0. The highest BCUT2D eigenvalue weighted by molar-refractivity contribution is 5.78. The summed E-state index contributed by atoms with van der Waals surface area (Å²) < 4.78 is 5.30. The number of nitrogens with zero attached hydrogens (tertiary/aromatic N) is 4. The molecule has 2 heterocycles. The van der Waals surface area contributed by atoms with E-state index >= 15 is 0 Å². The highest BCUT2D eigenvalue weighted by atomic mass is 16.5. The van der Waals surface area contributed by atoms with Crippen molar-refractivity contribution in [1.82, 2.24) is 15.0 Å². The van der Waals surface area contributed by atoms with Crippen molar-refractivity contribution in [2.45, 2.75) is 6.92 Å². The molecule has 1 aromatic heterocycles. The molecule has 1 fully saturated rings. The fourth-order valence-electron chi connectivity index (χ4n) is 1.75. The van der Waals surface area contributed by atoms with Crippen molar-refractivity contribution < 1.29 is 9.53 Å². The largest absolute Gasteiger partial charge is 0.378 e. The number of morpholine rings is 1. The number of hydrogen-bond donors (Lipinski definition) is 3. The Morgan fingerprint density at radius 1 is 1.25 bits per heavy atom. The van der Waals surface area contributed by atoms with Gasteiger partial charge in [0.15, 0.2) is 0 Å². The van der Waals surface area contributed by atoms with E-state index in [4.69, 9.17) is 10.5 Å². The first-order valence-electron chi connectivity index (χ1n) is 6.54. The molecule has 1 aliphatic rings. The Balaban J connectivity index is 2.17. The highest BCUT2D eigenvalue weighted by Gasteiger charge is 2.16. The Labute approximate surface area is 116 Å². The van der Waals surface area contributed by atoms with E-state index in [9.17, 15) is 4.79 Å². The van der Waals surface area contributed by atoms with Crippen LogP contribution in [-0.4, -0.2) is 60.3 Å². The van der Waals surface area contributed by atoms with Gasteiger partial charge in [-0.15, -0.1) is 0 Å². The zero-order chi connectivity index (χ0) is 14.4. The molecule has 1 saturated heterocycles. The summed E-state index contributed by atoms with van der Waals surface area (Å²) in [5.41, 5.74) is 5.10. The predicted molar refractivity (Wildman–Crippen MR) is 74.7 cm³/mol. The molecule has 20 heavy (non-hydrogen) atoms. The number of aromatic nitrogens is 3. The normalized spacial score (nSPS) is 14.9. The zero-order valence-electron chi connectivity index (χ0n) is 11.4. The molecule has 0 aliphatic carbocycles. The van der Waals surface area contributed by atoms with Crippen LogP contribution in [0.2, 0.25) is 0 Å². The molecule has 0 unspecified atom stereocenters. The lowest BCUT2D eigenvalue weighted by Gasteiger charge is -2.27. The van der Waals surface area contributed by atoms with Crippen molar-refractivity contribution in [3.05, 3.63) is 0 Å². The number of hydrogen-bond acceptors (Lipinski definition) is 8. The molecule has 0 atom stereocenters. The minimum Gasteiger partial charge on any atom is -0.378 e. The topological polar surface area (TPSA) is 118 Å². The van der Waals surface area contributed by atoms with Gasteiger partial charge in [0.1, 0.15) is 0 Å². The van der Waals surface area contributed by atoms with Crippen molar-refractivity contribution >= 4 is 23.8 Å². The van der Waals surface area contributed by atoms with Gasteiger partial charge in [0, 0.05) is 19.6 Å². The lowest BCUT2D eigenvalue weighted by molar-refractivity contribution is -0.116. The second-order valence-corrected chi connectivity index (χ2v) is 4.23. The van der Waals surface area contributed by atoms with Crippen LogP contribution in [0.5, 0.6) is 0 Å². The molecular weight excluding hydrogens is 262 g/mol. The first-order valence-corrected chi connectivity index (χ1v) is 6.54. The van der Waals surface area contributed by atoms with Gasteiger partial charge in [0.25, 0.3) is 0 Å². The number of anilines is 3. The highest BCUT2D eigenvalue weighted by Crippen LogP contribution is 2.14. The molecule has 4 N–H and O–H groups in total. The van der Waals surface area contributed by atoms with Crippen molar-refractivity contribution in [1.29, 1.82) is 0 Å². The fraction of sp³-hybridized carbons (Fsp3) is 0.636. The number of primary amides is 1. The predicted octanol–water partition coefficient (Wildman–Crippen LogP) is -0.963. The fourth-order valence-corrected chi connectivity index (χ4v) is 1.75. The van der Waals surface area contributed by atoms with Crippen LogP contribution >= 0.6 is 0 Å². The van der Waals surface area contributed by atoms with Crippen LogP contribution in [-0.2, 0) is 9.53 Å². The van der Waals surface area contributed by atoms with E-state index in [2.05, 4.69) is 25.6 Å². The number of nitrogens with two attached hydrogens (primary N) is 1. The van der Waals surface area contributed by atoms with E-state index < -0.39 is 5.91 Å². The van der Waals surface area contributed by atoms with Crippen molar-refractivity contribution in [3.8, 4) is 0 Å². The summed E-state index contributed by atoms with van der Waals surface area (Å²) in [5, 5.41) is 5.83. The Hall–Kier alpha value is -2.16. The van der Waals surface area contributed by atoms with Crippen LogP contribution in [0.4, 0.5) is 17.8 Å². The molecule has 1 aromatic rings. The van der Waals surface area contributed by atoms with Gasteiger partial charge in [-0.1, -0.05) is 0 Å². The van der Waals surface area contributed by atoms with Crippen molar-refractivity contribution in [2.75, 3.05) is 54.9 Å². The van der Waals surface area contributed by atoms with Gasteiger partial charge in [-0.2, -0.15) is 15.0 Å². The third-order valence-electron chi connectivity index (χ3n) is 2.67. The number of carbonyl (C=O) groups is 1. The van der Waals surface area contributed by atoms with Crippen LogP contribution < -0.4 is 21.3 Å². The lowest BCUT2D eigenvalue weighted by Crippen LogP contribution is -2.37. The van der Waals surface area contributed by atoms with E-state index in [0.717, 1.165) is 13.1 Å². The molecule has 0 saturated carbocycles. The first kappa shape index (κ1) is 14.3. The van der Waals surface area contributed by atoms with E-state index in [1.807, 2.05) is 11.8 Å². The minimum atomic E-state index is -0.469. The van der Waals surface area contributed by atoms with Gasteiger partial charge in [0.2, 0.25) is 23.8 Å². The molecule has 0 bridgehead atoms. The molecule has 2 rings (SSSR count). The van der Waals surface area contributed by atoms with Crippen LogP contribution in [0.25, 0.3) is 0 Å². The van der Waals surface area contributed by atoms with Crippen molar-refractivity contribution in [3.63, 3.8) is 0 Å². The maximum Gasteiger partial charge on any atom is 0.236 e. The van der Waals surface area contributed by atoms with E-state index in [-0.39, 0.29) is 6.54 Å². The van der Waals surface area contributed by atoms with Crippen LogP contribution in [0.1, 0.15) is 6.92 Å². The summed E-state index contributed by atoms with van der Waals surface area (Å²) in [4.78, 5) is 25.7. The molecule has 110 valence electrons. The molecule has 0 aromatic carbocycles. The first-order chi connectivity index (χ1) is 9.69. The van der Waals surface area contributed by atoms with Gasteiger partial charge < -0.3 is 26.0 Å². The minimum absolute atomic E-state index is 0.0157. The Kier molecular flexibility index (Phi) is 4.88. The van der Waals surface area contributed by atoms with Gasteiger partial charge >= 0.3 is 0 Å². The summed E-state index contributed by atoms with van der Waals surface area (Å²) in [6, 6.07) is 0. The zero-order valence-corrected chi connectivity index (χ0v) is 11.4. The van der Waals surface area contributed by atoms with E-state index in [0.29, 0.717) is 37.6 Å². The lowest BCUT2D eigenvalue weighted by atomic mass is 10.4. The average Bonchev–Trinajstić information content (AvgIpc) is 2.46.